The van der Waals surface area contributed by atoms with Crippen LogP contribution < -0.4 is 5.32 Å². The lowest BCUT2D eigenvalue weighted by atomic mass is 9.98. The Bertz CT molecular complexity index is 819. The van der Waals surface area contributed by atoms with Crippen molar-refractivity contribution in [2.75, 3.05) is 12.3 Å². The summed E-state index contributed by atoms with van der Waals surface area (Å²) in [4.78, 5) is 24.5. The van der Waals surface area contributed by atoms with Crippen molar-refractivity contribution < 1.29 is 18.9 Å². The van der Waals surface area contributed by atoms with Gasteiger partial charge in [-0.2, -0.15) is 0 Å². The zero-order valence-electron chi connectivity index (χ0n) is 14.9. The maximum absolute atomic E-state index is 12.5. The number of carboxylic acid groups (broad SMARTS) is 1. The van der Waals surface area contributed by atoms with E-state index in [9.17, 15) is 18.9 Å². The molecule has 2 N–H and O–H groups in total. The van der Waals surface area contributed by atoms with E-state index in [1.54, 1.807) is 31.2 Å². The fraction of sp³-hybridized carbons (Fsp3) is 0.300. The summed E-state index contributed by atoms with van der Waals surface area (Å²) in [7, 11) is -1.26. The molecule has 0 aliphatic heterocycles. The molecule has 26 heavy (non-hydrogen) atoms. The molecule has 5 nitrogen and oxygen atoms in total. The SMILES string of the molecule is CCS(=O)c1ccccc1C(=O)NCC(Cc1cccc(C)c1)C(=O)O. The molecule has 0 bridgehead atoms. The average molecular weight is 373 g/mol. The lowest BCUT2D eigenvalue weighted by molar-refractivity contribution is -0.141. The minimum atomic E-state index is -1.26. The van der Waals surface area contributed by atoms with Gasteiger partial charge in [0.2, 0.25) is 0 Å². The van der Waals surface area contributed by atoms with Crippen LogP contribution in [0.4, 0.5) is 0 Å². The van der Waals surface area contributed by atoms with Gasteiger partial charge in [0, 0.05) is 12.3 Å². The average Bonchev–Trinajstić information content (AvgIpc) is 2.64. The van der Waals surface area contributed by atoms with E-state index < -0.39 is 28.6 Å². The van der Waals surface area contributed by atoms with Crippen molar-refractivity contribution in [3.63, 3.8) is 0 Å². The number of hydrogen-bond acceptors (Lipinski definition) is 3. The third kappa shape index (κ3) is 5.26. The third-order valence-corrected chi connectivity index (χ3v) is 5.43. The van der Waals surface area contributed by atoms with Crippen molar-refractivity contribution >= 4 is 22.7 Å². The van der Waals surface area contributed by atoms with Crippen molar-refractivity contribution in [1.82, 2.24) is 5.32 Å². The second-order valence-electron chi connectivity index (χ2n) is 6.07. The van der Waals surface area contributed by atoms with Gasteiger partial charge in [0.05, 0.1) is 27.2 Å². The summed E-state index contributed by atoms with van der Waals surface area (Å²) in [5.74, 6) is -1.69. The Morgan fingerprint density at radius 1 is 1.15 bits per heavy atom. The molecular formula is C20H23NO4S. The second kappa shape index (κ2) is 9.29. The minimum Gasteiger partial charge on any atom is -0.481 e. The first-order chi connectivity index (χ1) is 12.4. The highest BCUT2D eigenvalue weighted by atomic mass is 32.2. The molecular weight excluding hydrogens is 350 g/mol. The molecule has 2 unspecified atom stereocenters. The molecule has 2 aromatic carbocycles. The molecule has 2 atom stereocenters. The van der Waals surface area contributed by atoms with Crippen LogP contribution in [0.5, 0.6) is 0 Å². The summed E-state index contributed by atoms with van der Waals surface area (Å²) in [6.45, 7) is 3.74. The maximum Gasteiger partial charge on any atom is 0.308 e. The lowest BCUT2D eigenvalue weighted by Crippen LogP contribution is -2.34. The molecule has 0 aromatic heterocycles. The Hall–Kier alpha value is -2.47. The van der Waals surface area contributed by atoms with E-state index in [2.05, 4.69) is 5.32 Å². The molecule has 0 spiro atoms. The standard InChI is InChI=1S/C20H23NO4S/c1-3-26(25)18-10-5-4-9-17(18)19(22)21-13-16(20(23)24)12-15-8-6-7-14(2)11-15/h4-11,16H,3,12-13H2,1-2H3,(H,21,22)(H,23,24). The van der Waals surface area contributed by atoms with Crippen molar-refractivity contribution in [3.8, 4) is 0 Å². The molecule has 0 heterocycles. The summed E-state index contributed by atoms with van der Waals surface area (Å²) in [5, 5.41) is 12.1. The smallest absolute Gasteiger partial charge is 0.308 e. The monoisotopic (exact) mass is 373 g/mol. The zero-order valence-corrected chi connectivity index (χ0v) is 15.7. The van der Waals surface area contributed by atoms with Crippen LogP contribution in [-0.4, -0.2) is 33.5 Å². The van der Waals surface area contributed by atoms with Crippen LogP contribution in [0.3, 0.4) is 0 Å². The number of amides is 1. The lowest BCUT2D eigenvalue weighted by Gasteiger charge is -2.15. The van der Waals surface area contributed by atoms with Gasteiger partial charge < -0.3 is 10.4 Å². The molecule has 6 heteroatoms. The van der Waals surface area contributed by atoms with Gasteiger partial charge in [0.25, 0.3) is 5.91 Å². The van der Waals surface area contributed by atoms with Crippen molar-refractivity contribution in [1.29, 1.82) is 0 Å². The van der Waals surface area contributed by atoms with Crippen LogP contribution in [0, 0.1) is 12.8 Å². The van der Waals surface area contributed by atoms with Gasteiger partial charge in [-0.25, -0.2) is 0 Å². The molecule has 0 aliphatic rings. The Balaban J connectivity index is 2.09. The van der Waals surface area contributed by atoms with Crippen molar-refractivity contribution in [2.45, 2.75) is 25.2 Å². The van der Waals surface area contributed by atoms with Crippen molar-refractivity contribution in [2.24, 2.45) is 5.92 Å². The van der Waals surface area contributed by atoms with Crippen LogP contribution >= 0.6 is 0 Å². The highest BCUT2D eigenvalue weighted by molar-refractivity contribution is 7.85. The van der Waals surface area contributed by atoms with Gasteiger partial charge in [-0.1, -0.05) is 48.9 Å². The summed E-state index contributed by atoms with van der Waals surface area (Å²) >= 11 is 0. The van der Waals surface area contributed by atoms with E-state index in [0.717, 1.165) is 11.1 Å². The van der Waals surface area contributed by atoms with Gasteiger partial charge >= 0.3 is 5.97 Å². The van der Waals surface area contributed by atoms with E-state index in [1.165, 1.54) is 0 Å². The van der Waals surface area contributed by atoms with E-state index in [0.29, 0.717) is 22.6 Å². The molecule has 1 amide bonds. The molecule has 138 valence electrons. The molecule has 0 fully saturated rings. The molecule has 0 radical (unpaired) electrons. The first-order valence-corrected chi connectivity index (χ1v) is 9.78. The number of aryl methyl sites for hydroxylation is 1. The number of rotatable bonds is 8. The highest BCUT2D eigenvalue weighted by Gasteiger charge is 2.21. The Kier molecular flexibility index (Phi) is 7.09. The maximum atomic E-state index is 12.5. The van der Waals surface area contributed by atoms with E-state index >= 15 is 0 Å². The van der Waals surface area contributed by atoms with Crippen LogP contribution in [0.25, 0.3) is 0 Å². The fourth-order valence-corrected chi connectivity index (χ4v) is 3.64. The van der Waals surface area contributed by atoms with Crippen molar-refractivity contribution in [3.05, 3.63) is 65.2 Å². The molecule has 0 saturated carbocycles. The van der Waals surface area contributed by atoms with E-state index in [1.807, 2.05) is 31.2 Å². The Labute approximate surface area is 155 Å². The van der Waals surface area contributed by atoms with E-state index in [-0.39, 0.29) is 6.54 Å². The topological polar surface area (TPSA) is 83.5 Å². The molecule has 0 aliphatic carbocycles. The molecule has 0 saturated heterocycles. The number of carbonyl (C=O) groups is 2. The molecule has 2 rings (SSSR count). The fourth-order valence-electron chi connectivity index (χ4n) is 2.69. The normalized spacial score (nSPS) is 13.0. The van der Waals surface area contributed by atoms with Gasteiger partial charge in [0.15, 0.2) is 0 Å². The predicted octanol–water partition coefficient (Wildman–Crippen LogP) is 2.80. The van der Waals surface area contributed by atoms with Gasteiger partial charge in [-0.15, -0.1) is 0 Å². The van der Waals surface area contributed by atoms with Gasteiger partial charge in [-0.3, -0.25) is 13.8 Å². The predicted molar refractivity (Wildman–Crippen MR) is 102 cm³/mol. The van der Waals surface area contributed by atoms with Crippen LogP contribution in [-0.2, 0) is 22.0 Å². The summed E-state index contributed by atoms with van der Waals surface area (Å²) < 4.78 is 12.1. The zero-order chi connectivity index (χ0) is 19.1. The van der Waals surface area contributed by atoms with Gasteiger partial charge in [0.1, 0.15) is 0 Å². The summed E-state index contributed by atoms with van der Waals surface area (Å²) in [6, 6.07) is 14.4. The summed E-state index contributed by atoms with van der Waals surface area (Å²) in [5.41, 5.74) is 2.30. The summed E-state index contributed by atoms with van der Waals surface area (Å²) in [6.07, 6.45) is 0.333. The number of carboxylic acids is 1. The Morgan fingerprint density at radius 3 is 2.54 bits per heavy atom. The van der Waals surface area contributed by atoms with Gasteiger partial charge in [-0.05, 0) is 31.0 Å². The second-order valence-corrected chi connectivity index (χ2v) is 7.78. The largest absolute Gasteiger partial charge is 0.481 e. The minimum absolute atomic E-state index is 0.00913. The number of aliphatic carboxylic acids is 1. The number of nitrogens with one attached hydrogen (secondary N) is 1. The van der Waals surface area contributed by atoms with E-state index in [4.69, 9.17) is 0 Å². The third-order valence-electron chi connectivity index (χ3n) is 4.06. The first kappa shape index (κ1) is 19.8. The number of carbonyl (C=O) groups excluding carboxylic acids is 1. The van der Waals surface area contributed by atoms with Crippen LogP contribution in [0.2, 0.25) is 0 Å². The number of hydrogen-bond donors (Lipinski definition) is 2. The Morgan fingerprint density at radius 2 is 1.88 bits per heavy atom. The quantitative estimate of drug-likeness (QED) is 0.745. The van der Waals surface area contributed by atoms with Crippen LogP contribution in [0.1, 0.15) is 28.4 Å². The van der Waals surface area contributed by atoms with Crippen LogP contribution in [0.15, 0.2) is 53.4 Å². The molecule has 2 aromatic rings. The number of benzene rings is 2. The highest BCUT2D eigenvalue weighted by Crippen LogP contribution is 2.15. The first-order valence-electron chi connectivity index (χ1n) is 8.46.